The standard InChI is InChI=1S/C22H18ClN5OS/c23-18-12-10-16(11-13-18)14-24-21(29)20-9-5-4-6-17(20)15-30-22-25-26-27-28(22)19-7-2-1-3-8-19/h1-13H,14-15H2,(H,24,29). The molecule has 0 aliphatic rings. The molecule has 30 heavy (non-hydrogen) atoms. The average molecular weight is 436 g/mol. The Hall–Kier alpha value is -3.16. The van der Waals surface area contributed by atoms with Crippen molar-refractivity contribution >= 4 is 29.3 Å². The molecule has 0 bridgehead atoms. The summed E-state index contributed by atoms with van der Waals surface area (Å²) in [7, 11) is 0. The maximum atomic E-state index is 12.8. The van der Waals surface area contributed by atoms with Crippen molar-refractivity contribution in [3.8, 4) is 5.69 Å². The quantitative estimate of drug-likeness (QED) is 0.431. The maximum Gasteiger partial charge on any atom is 0.251 e. The Morgan fingerprint density at radius 3 is 2.50 bits per heavy atom. The fourth-order valence-corrected chi connectivity index (χ4v) is 3.91. The second-order valence-corrected chi connectivity index (χ2v) is 7.84. The summed E-state index contributed by atoms with van der Waals surface area (Å²) >= 11 is 7.39. The Balaban J connectivity index is 1.44. The van der Waals surface area contributed by atoms with Gasteiger partial charge in [-0.3, -0.25) is 4.79 Å². The van der Waals surface area contributed by atoms with Crippen molar-refractivity contribution in [2.24, 2.45) is 0 Å². The average Bonchev–Trinajstić information content (AvgIpc) is 3.26. The third-order valence-electron chi connectivity index (χ3n) is 4.43. The van der Waals surface area contributed by atoms with E-state index in [0.29, 0.717) is 28.0 Å². The molecule has 1 N–H and O–H groups in total. The Morgan fingerprint density at radius 1 is 0.967 bits per heavy atom. The monoisotopic (exact) mass is 435 g/mol. The van der Waals surface area contributed by atoms with E-state index < -0.39 is 0 Å². The minimum Gasteiger partial charge on any atom is -0.348 e. The van der Waals surface area contributed by atoms with Crippen LogP contribution < -0.4 is 5.32 Å². The lowest BCUT2D eigenvalue weighted by Gasteiger charge is -2.10. The number of rotatable bonds is 7. The van der Waals surface area contributed by atoms with Crippen LogP contribution in [0.2, 0.25) is 5.02 Å². The number of para-hydroxylation sites is 1. The van der Waals surface area contributed by atoms with E-state index in [0.717, 1.165) is 16.8 Å². The second-order valence-electron chi connectivity index (χ2n) is 6.46. The number of thioether (sulfide) groups is 1. The molecule has 4 aromatic rings. The Kier molecular flexibility index (Phi) is 6.41. The zero-order chi connectivity index (χ0) is 20.8. The molecule has 1 heterocycles. The van der Waals surface area contributed by atoms with Gasteiger partial charge in [-0.1, -0.05) is 71.9 Å². The molecule has 6 nitrogen and oxygen atoms in total. The molecular formula is C22H18ClN5OS. The number of carbonyl (C=O) groups is 1. The van der Waals surface area contributed by atoms with Gasteiger partial charge in [-0.25, -0.2) is 0 Å². The highest BCUT2D eigenvalue weighted by atomic mass is 35.5. The van der Waals surface area contributed by atoms with Crippen molar-refractivity contribution in [3.05, 3.63) is 101 Å². The van der Waals surface area contributed by atoms with Crippen molar-refractivity contribution in [1.29, 1.82) is 0 Å². The highest BCUT2D eigenvalue weighted by Gasteiger charge is 2.14. The molecule has 0 atom stereocenters. The topological polar surface area (TPSA) is 72.7 Å². The fourth-order valence-electron chi connectivity index (χ4n) is 2.89. The number of benzene rings is 3. The third-order valence-corrected chi connectivity index (χ3v) is 5.65. The van der Waals surface area contributed by atoms with Crippen molar-refractivity contribution in [3.63, 3.8) is 0 Å². The number of hydrogen-bond donors (Lipinski definition) is 1. The van der Waals surface area contributed by atoms with Crippen LogP contribution in [0.1, 0.15) is 21.5 Å². The molecule has 4 rings (SSSR count). The summed E-state index contributed by atoms with van der Waals surface area (Å²) in [5.74, 6) is 0.446. The van der Waals surface area contributed by atoms with Gasteiger partial charge in [0, 0.05) is 22.9 Å². The molecule has 0 aliphatic heterocycles. The molecule has 0 saturated carbocycles. The van der Waals surface area contributed by atoms with Crippen LogP contribution in [0.4, 0.5) is 0 Å². The lowest BCUT2D eigenvalue weighted by atomic mass is 10.1. The highest BCUT2D eigenvalue weighted by molar-refractivity contribution is 7.98. The van der Waals surface area contributed by atoms with Gasteiger partial charge in [-0.05, 0) is 51.9 Å². The van der Waals surface area contributed by atoms with Crippen LogP contribution in [-0.2, 0) is 12.3 Å². The van der Waals surface area contributed by atoms with Crippen LogP contribution in [0.5, 0.6) is 0 Å². The number of hydrogen-bond acceptors (Lipinski definition) is 5. The molecule has 0 unspecified atom stereocenters. The predicted molar refractivity (Wildman–Crippen MR) is 118 cm³/mol. The van der Waals surface area contributed by atoms with Crippen LogP contribution in [0.3, 0.4) is 0 Å². The largest absolute Gasteiger partial charge is 0.348 e. The minimum absolute atomic E-state index is 0.121. The van der Waals surface area contributed by atoms with Crippen molar-refractivity contribution in [2.45, 2.75) is 17.5 Å². The number of amides is 1. The Labute approximate surface area is 183 Å². The maximum absolute atomic E-state index is 12.8. The van der Waals surface area contributed by atoms with E-state index in [1.807, 2.05) is 78.9 Å². The van der Waals surface area contributed by atoms with Crippen molar-refractivity contribution in [2.75, 3.05) is 0 Å². The summed E-state index contributed by atoms with van der Waals surface area (Å²) in [5, 5.41) is 16.3. The number of carbonyl (C=O) groups excluding carboxylic acids is 1. The molecule has 0 radical (unpaired) electrons. The lowest BCUT2D eigenvalue weighted by molar-refractivity contribution is 0.0950. The van der Waals surface area contributed by atoms with E-state index in [4.69, 9.17) is 11.6 Å². The Bertz CT molecular complexity index is 1130. The first kappa shape index (κ1) is 20.1. The predicted octanol–water partition coefficient (Wildman–Crippen LogP) is 4.54. The van der Waals surface area contributed by atoms with Crippen LogP contribution in [0.25, 0.3) is 5.69 Å². The van der Waals surface area contributed by atoms with Gasteiger partial charge < -0.3 is 5.32 Å². The summed E-state index contributed by atoms with van der Waals surface area (Å²) in [6.45, 7) is 0.434. The highest BCUT2D eigenvalue weighted by Crippen LogP contribution is 2.24. The molecule has 1 amide bonds. The first-order valence-corrected chi connectivity index (χ1v) is 10.6. The lowest BCUT2D eigenvalue weighted by Crippen LogP contribution is -2.23. The fraction of sp³-hybridized carbons (Fsp3) is 0.0909. The van der Waals surface area contributed by atoms with Crippen molar-refractivity contribution < 1.29 is 4.79 Å². The van der Waals surface area contributed by atoms with Crippen LogP contribution in [0.15, 0.2) is 84.0 Å². The van der Waals surface area contributed by atoms with Crippen molar-refractivity contribution in [1.82, 2.24) is 25.5 Å². The number of tetrazole rings is 1. The van der Waals surface area contributed by atoms with Crippen LogP contribution in [-0.4, -0.2) is 26.1 Å². The van der Waals surface area contributed by atoms with E-state index >= 15 is 0 Å². The van der Waals surface area contributed by atoms with Gasteiger partial charge >= 0.3 is 0 Å². The molecule has 8 heteroatoms. The van der Waals surface area contributed by atoms with E-state index in [9.17, 15) is 4.79 Å². The molecule has 150 valence electrons. The Morgan fingerprint density at radius 2 is 1.70 bits per heavy atom. The van der Waals surface area contributed by atoms with E-state index in [1.54, 1.807) is 4.68 Å². The zero-order valence-electron chi connectivity index (χ0n) is 15.9. The van der Waals surface area contributed by atoms with Gasteiger partial charge in [-0.2, -0.15) is 4.68 Å². The summed E-state index contributed by atoms with van der Waals surface area (Å²) in [6, 6.07) is 24.7. The van der Waals surface area contributed by atoms with Gasteiger partial charge in [0.15, 0.2) is 0 Å². The van der Waals surface area contributed by atoms with E-state index in [-0.39, 0.29) is 5.91 Å². The molecule has 3 aromatic carbocycles. The number of aromatic nitrogens is 4. The second kappa shape index (κ2) is 9.56. The summed E-state index contributed by atoms with van der Waals surface area (Å²) in [6.07, 6.45) is 0. The number of nitrogens with one attached hydrogen (secondary N) is 1. The first-order valence-electron chi connectivity index (χ1n) is 9.28. The summed E-state index contributed by atoms with van der Waals surface area (Å²) < 4.78 is 1.69. The van der Waals surface area contributed by atoms with Crippen LogP contribution >= 0.6 is 23.4 Å². The molecule has 0 saturated heterocycles. The van der Waals surface area contributed by atoms with Gasteiger partial charge in [-0.15, -0.1) is 5.10 Å². The van der Waals surface area contributed by atoms with Gasteiger partial charge in [0.25, 0.3) is 5.91 Å². The number of halogens is 1. The SMILES string of the molecule is O=C(NCc1ccc(Cl)cc1)c1ccccc1CSc1nnnn1-c1ccccc1. The smallest absolute Gasteiger partial charge is 0.251 e. The molecule has 0 aliphatic carbocycles. The van der Waals surface area contributed by atoms with E-state index in [1.165, 1.54) is 11.8 Å². The molecule has 0 fully saturated rings. The third kappa shape index (κ3) is 4.87. The molecule has 1 aromatic heterocycles. The number of nitrogens with zero attached hydrogens (tertiary/aromatic N) is 4. The summed E-state index contributed by atoms with van der Waals surface area (Å²) in [4.78, 5) is 12.8. The van der Waals surface area contributed by atoms with Gasteiger partial charge in [0.2, 0.25) is 5.16 Å². The molecule has 0 spiro atoms. The zero-order valence-corrected chi connectivity index (χ0v) is 17.5. The summed E-state index contributed by atoms with van der Waals surface area (Å²) in [5.41, 5.74) is 3.43. The van der Waals surface area contributed by atoms with E-state index in [2.05, 4.69) is 20.8 Å². The van der Waals surface area contributed by atoms with Gasteiger partial charge in [0.05, 0.1) is 5.69 Å². The minimum atomic E-state index is -0.121. The van der Waals surface area contributed by atoms with Crippen LogP contribution in [0, 0.1) is 0 Å². The molecular weight excluding hydrogens is 418 g/mol. The normalized spacial score (nSPS) is 10.7. The van der Waals surface area contributed by atoms with Gasteiger partial charge in [0.1, 0.15) is 0 Å². The first-order chi connectivity index (χ1) is 14.7.